The minimum atomic E-state index is -0.0432. The number of carbonyl (C=O) groups excluding carboxylic acids is 2. The van der Waals surface area contributed by atoms with Crippen LogP contribution in [0.2, 0.25) is 0 Å². The third-order valence-electron chi connectivity index (χ3n) is 10.4. The monoisotopic (exact) mass is 471 g/mol. The smallest absolute Gasteiger partial charge is 0.315 e. The Hall–Kier alpha value is -1.40. The summed E-state index contributed by atoms with van der Waals surface area (Å²) >= 11 is 1.68. The zero-order valence-corrected chi connectivity index (χ0v) is 21.5. The summed E-state index contributed by atoms with van der Waals surface area (Å²) in [6.45, 7) is 11.0. The Kier molecular flexibility index (Phi) is 6.14. The SMILES string of the molecule is CC(NC(=O)NCc1cccs1)[C@H]1CC[C@H]2[C@@H]3CCN4C(C)C(=O)CC[C@]4(C)[C@H]3CC[C@]12C. The number of fused-ring (bicyclic) bond motifs is 5. The van der Waals surface area contributed by atoms with Crippen LogP contribution in [0.1, 0.15) is 77.5 Å². The van der Waals surface area contributed by atoms with Crippen molar-refractivity contribution in [2.75, 3.05) is 6.54 Å². The highest BCUT2D eigenvalue weighted by Crippen LogP contribution is 2.64. The maximum atomic E-state index is 12.6. The van der Waals surface area contributed by atoms with Gasteiger partial charge < -0.3 is 10.6 Å². The van der Waals surface area contributed by atoms with Gasteiger partial charge in [-0.25, -0.2) is 4.79 Å². The van der Waals surface area contributed by atoms with Crippen molar-refractivity contribution >= 4 is 23.2 Å². The van der Waals surface area contributed by atoms with E-state index in [0.29, 0.717) is 29.6 Å². The zero-order chi connectivity index (χ0) is 23.4. The number of amides is 2. The molecule has 4 aliphatic rings. The fourth-order valence-electron chi connectivity index (χ4n) is 8.74. The van der Waals surface area contributed by atoms with E-state index in [1.54, 1.807) is 11.3 Å². The van der Waals surface area contributed by atoms with Crippen LogP contribution in [0.25, 0.3) is 0 Å². The Bertz CT molecular complexity index is 888. The summed E-state index contributed by atoms with van der Waals surface area (Å²) in [5.74, 6) is 3.18. The first kappa shape index (κ1) is 23.3. The highest BCUT2D eigenvalue weighted by Gasteiger charge is 2.61. The predicted molar refractivity (Wildman–Crippen MR) is 133 cm³/mol. The molecule has 8 atom stereocenters. The molecule has 182 valence electrons. The van der Waals surface area contributed by atoms with Crippen molar-refractivity contribution in [3.63, 3.8) is 0 Å². The lowest BCUT2D eigenvalue weighted by Crippen LogP contribution is -2.67. The third kappa shape index (κ3) is 3.85. The summed E-state index contributed by atoms with van der Waals surface area (Å²) in [6, 6.07) is 4.31. The molecular formula is C27H41N3O2S. The molecule has 1 aromatic heterocycles. The van der Waals surface area contributed by atoms with Crippen LogP contribution in [0.15, 0.2) is 17.5 Å². The molecule has 5 nitrogen and oxygen atoms in total. The van der Waals surface area contributed by atoms with Gasteiger partial charge in [-0.3, -0.25) is 9.69 Å². The van der Waals surface area contributed by atoms with E-state index in [1.807, 2.05) is 11.4 Å². The van der Waals surface area contributed by atoms with E-state index in [-0.39, 0.29) is 23.7 Å². The van der Waals surface area contributed by atoms with E-state index in [2.05, 4.69) is 49.3 Å². The molecule has 6 heteroatoms. The molecule has 0 spiro atoms. The van der Waals surface area contributed by atoms with Gasteiger partial charge in [0.15, 0.2) is 0 Å². The van der Waals surface area contributed by atoms with E-state index in [4.69, 9.17) is 0 Å². The molecule has 3 heterocycles. The standard InChI is InChI=1S/C27H41N3O2S/c1-17(29-25(32)28-16-19-6-5-15-33-19)21-7-8-22-20-11-14-30-18(2)24(31)10-13-27(30,4)23(20)9-12-26(21,22)3/h5-6,15,17-18,20-23H,7-14,16H2,1-4H3,(H2,28,29,32)/t17?,18?,20-,21+,22-,23-,26+,27+/m0/s1. The van der Waals surface area contributed by atoms with Crippen molar-refractivity contribution < 1.29 is 9.59 Å². The summed E-state index contributed by atoms with van der Waals surface area (Å²) in [5.41, 5.74) is 0.484. The van der Waals surface area contributed by atoms with Gasteiger partial charge in [-0.15, -0.1) is 11.3 Å². The van der Waals surface area contributed by atoms with E-state index >= 15 is 0 Å². The average molecular weight is 472 g/mol. The zero-order valence-electron chi connectivity index (χ0n) is 20.7. The van der Waals surface area contributed by atoms with Crippen LogP contribution >= 0.6 is 11.3 Å². The molecule has 2 saturated heterocycles. The normalized spacial score (nSPS) is 41.6. The van der Waals surface area contributed by atoms with Crippen molar-refractivity contribution in [3.8, 4) is 0 Å². The summed E-state index contributed by atoms with van der Waals surface area (Å²) < 4.78 is 0. The van der Waals surface area contributed by atoms with E-state index in [1.165, 1.54) is 37.0 Å². The van der Waals surface area contributed by atoms with E-state index in [9.17, 15) is 9.59 Å². The van der Waals surface area contributed by atoms with Gasteiger partial charge in [-0.05, 0) is 106 Å². The van der Waals surface area contributed by atoms with Crippen molar-refractivity contribution in [2.24, 2.45) is 29.1 Å². The summed E-state index contributed by atoms with van der Waals surface area (Å²) in [4.78, 5) is 28.8. The fraction of sp³-hybridized carbons (Fsp3) is 0.778. The van der Waals surface area contributed by atoms with Gasteiger partial charge in [0.05, 0.1) is 12.6 Å². The number of Topliss-reactive ketones (excluding diaryl/α,β-unsaturated/α-hetero) is 1. The Balaban J connectivity index is 1.25. The quantitative estimate of drug-likeness (QED) is 0.634. The van der Waals surface area contributed by atoms with Gasteiger partial charge in [-0.2, -0.15) is 0 Å². The number of urea groups is 1. The largest absolute Gasteiger partial charge is 0.335 e. The summed E-state index contributed by atoms with van der Waals surface area (Å²) in [7, 11) is 0. The fourth-order valence-corrected chi connectivity index (χ4v) is 9.39. The number of nitrogens with zero attached hydrogens (tertiary/aromatic N) is 1. The van der Waals surface area contributed by atoms with Gasteiger partial charge in [0.25, 0.3) is 0 Å². The Morgan fingerprint density at radius 1 is 1.21 bits per heavy atom. The first-order valence-corrected chi connectivity index (χ1v) is 14.0. The minimum absolute atomic E-state index is 0.0432. The molecule has 2 N–H and O–H groups in total. The molecule has 2 amide bonds. The lowest BCUT2D eigenvalue weighted by Gasteiger charge is -2.63. The number of ketones is 1. The van der Waals surface area contributed by atoms with Gasteiger partial charge in [-0.1, -0.05) is 13.0 Å². The molecule has 2 aliphatic heterocycles. The number of rotatable bonds is 4. The molecule has 0 aromatic carbocycles. The molecule has 4 fully saturated rings. The van der Waals surface area contributed by atoms with Gasteiger partial charge >= 0.3 is 6.03 Å². The van der Waals surface area contributed by atoms with Gasteiger partial charge in [0, 0.05) is 22.9 Å². The number of piperidine rings is 2. The topological polar surface area (TPSA) is 61.4 Å². The molecule has 0 bridgehead atoms. The molecule has 33 heavy (non-hydrogen) atoms. The lowest BCUT2D eigenvalue weighted by atomic mass is 9.51. The van der Waals surface area contributed by atoms with Crippen LogP contribution < -0.4 is 10.6 Å². The van der Waals surface area contributed by atoms with Crippen molar-refractivity contribution in [1.82, 2.24) is 15.5 Å². The second-order valence-corrected chi connectivity index (χ2v) is 12.8. The van der Waals surface area contributed by atoms with Crippen molar-refractivity contribution in [2.45, 2.75) is 96.8 Å². The van der Waals surface area contributed by atoms with Crippen molar-refractivity contribution in [1.29, 1.82) is 0 Å². The molecule has 2 aliphatic carbocycles. The summed E-state index contributed by atoms with van der Waals surface area (Å²) in [5, 5.41) is 8.37. The third-order valence-corrected chi connectivity index (χ3v) is 11.3. The second-order valence-electron chi connectivity index (χ2n) is 11.8. The molecule has 5 rings (SSSR count). The number of hydrogen-bond donors (Lipinski definition) is 2. The van der Waals surface area contributed by atoms with Gasteiger partial charge in [0.2, 0.25) is 0 Å². The second kappa shape index (κ2) is 8.67. The highest BCUT2D eigenvalue weighted by molar-refractivity contribution is 7.09. The van der Waals surface area contributed by atoms with Gasteiger partial charge in [0.1, 0.15) is 5.78 Å². The van der Waals surface area contributed by atoms with Crippen LogP contribution in [0.5, 0.6) is 0 Å². The highest BCUT2D eigenvalue weighted by atomic mass is 32.1. The number of carbonyl (C=O) groups is 2. The van der Waals surface area contributed by atoms with Crippen LogP contribution in [-0.2, 0) is 11.3 Å². The van der Waals surface area contributed by atoms with E-state index in [0.717, 1.165) is 31.2 Å². The average Bonchev–Trinajstić information content (AvgIpc) is 3.42. The molecule has 2 unspecified atom stereocenters. The first-order chi connectivity index (χ1) is 15.7. The minimum Gasteiger partial charge on any atom is -0.335 e. The van der Waals surface area contributed by atoms with Crippen LogP contribution in [0, 0.1) is 29.1 Å². The molecular weight excluding hydrogens is 430 g/mol. The molecule has 2 saturated carbocycles. The Morgan fingerprint density at radius 2 is 2.03 bits per heavy atom. The number of thiophene rings is 1. The molecule has 1 aromatic rings. The summed E-state index contributed by atoms with van der Waals surface area (Å²) in [6.07, 6.45) is 8.03. The van der Waals surface area contributed by atoms with E-state index < -0.39 is 0 Å². The first-order valence-electron chi connectivity index (χ1n) is 13.1. The van der Waals surface area contributed by atoms with Crippen LogP contribution in [0.3, 0.4) is 0 Å². The Labute approximate surface area is 203 Å². The number of nitrogens with one attached hydrogen (secondary N) is 2. The maximum Gasteiger partial charge on any atom is 0.315 e. The van der Waals surface area contributed by atoms with Crippen LogP contribution in [-0.4, -0.2) is 40.9 Å². The molecule has 0 radical (unpaired) electrons. The predicted octanol–water partition coefficient (Wildman–Crippen LogP) is 5.21. The van der Waals surface area contributed by atoms with Crippen LogP contribution in [0.4, 0.5) is 4.79 Å². The Morgan fingerprint density at radius 3 is 2.79 bits per heavy atom. The number of hydrogen-bond acceptors (Lipinski definition) is 4. The maximum absolute atomic E-state index is 12.6. The van der Waals surface area contributed by atoms with Crippen molar-refractivity contribution in [3.05, 3.63) is 22.4 Å². The lowest BCUT2D eigenvalue weighted by molar-refractivity contribution is -0.154.